The Morgan fingerprint density at radius 1 is 0.625 bits per heavy atom. The molecule has 2 unspecified atom stereocenters. The minimum absolute atomic E-state index is 0.186. The monoisotopic (exact) mass is 662 g/mol. The van der Waals surface area contributed by atoms with Crippen LogP contribution in [0.15, 0.2) is 30.3 Å². The Morgan fingerprint density at radius 3 is 1.60 bits per heavy atom. The van der Waals surface area contributed by atoms with Crippen molar-refractivity contribution in [3.8, 4) is 17.2 Å². The molecule has 3 amide bonds. The Labute approximate surface area is 258 Å². The summed E-state index contributed by atoms with van der Waals surface area (Å²) in [6, 6.07) is 5.58. The second-order valence-electron chi connectivity index (χ2n) is 8.64. The highest BCUT2D eigenvalue weighted by Crippen LogP contribution is 2.51. The molecule has 0 aliphatic carbocycles. The number of fused-ring (bicyclic) bond motifs is 1. The van der Waals surface area contributed by atoms with Gasteiger partial charge >= 0.3 is 0 Å². The van der Waals surface area contributed by atoms with Gasteiger partial charge in [-0.05, 0) is 35.9 Å². The lowest BCUT2D eigenvalue weighted by Gasteiger charge is -2.50. The lowest BCUT2D eigenvalue weighted by Crippen LogP contribution is -2.67. The van der Waals surface area contributed by atoms with Gasteiger partial charge < -0.3 is 19.1 Å². The highest BCUT2D eigenvalue weighted by Gasteiger charge is 2.58. The van der Waals surface area contributed by atoms with Crippen molar-refractivity contribution in [2.45, 2.75) is 12.1 Å². The van der Waals surface area contributed by atoms with Crippen molar-refractivity contribution in [3.05, 3.63) is 77.2 Å². The van der Waals surface area contributed by atoms with Crippen molar-refractivity contribution in [2.75, 3.05) is 26.2 Å². The quantitative estimate of drug-likeness (QED) is 0.118. The average Bonchev–Trinajstić information content (AvgIpc) is 3.19. The first-order valence-electron chi connectivity index (χ1n) is 11.3. The zero-order chi connectivity index (χ0) is 29.2. The number of hydrogen-bond acceptors (Lipinski definition) is 6. The molecule has 0 radical (unpaired) electrons. The van der Waals surface area contributed by atoms with E-state index in [2.05, 4.69) is 0 Å². The zero-order valence-corrected chi connectivity index (χ0v) is 25.2. The zero-order valence-electron chi connectivity index (χ0n) is 20.7. The molecule has 2 aliphatic heterocycles. The van der Waals surface area contributed by atoms with E-state index < -0.39 is 29.8 Å². The summed E-state index contributed by atoms with van der Waals surface area (Å²) < 4.78 is 16.4. The Kier molecular flexibility index (Phi) is 7.72. The van der Waals surface area contributed by atoms with Gasteiger partial charge in [-0.3, -0.25) is 19.3 Å². The summed E-state index contributed by atoms with van der Waals surface area (Å²) >= 11 is 37.3. The summed E-state index contributed by atoms with van der Waals surface area (Å²) in [4.78, 5) is 43.3. The van der Waals surface area contributed by atoms with E-state index in [0.29, 0.717) is 17.0 Å². The van der Waals surface area contributed by atoms with Crippen LogP contribution in [0.5, 0.6) is 17.2 Å². The Balaban J connectivity index is 1.70. The number of amides is 3. The number of benzene rings is 3. The van der Waals surface area contributed by atoms with Gasteiger partial charge in [-0.25, -0.2) is 0 Å². The normalized spacial score (nSPS) is 18.2. The second kappa shape index (κ2) is 10.7. The molecule has 208 valence electrons. The van der Waals surface area contributed by atoms with Crippen LogP contribution in [0.25, 0.3) is 0 Å². The van der Waals surface area contributed by atoms with Gasteiger partial charge in [-0.1, -0.05) is 69.6 Å². The fourth-order valence-corrected chi connectivity index (χ4v) is 6.18. The van der Waals surface area contributed by atoms with E-state index in [9.17, 15) is 14.4 Å². The van der Waals surface area contributed by atoms with Gasteiger partial charge in [0, 0.05) is 5.69 Å². The summed E-state index contributed by atoms with van der Waals surface area (Å²) in [5, 5.41) is -0.392. The molecule has 0 saturated carbocycles. The molecular formula is C26H16Cl6N2O6. The summed E-state index contributed by atoms with van der Waals surface area (Å²) in [5.74, 6) is -1.41. The van der Waals surface area contributed by atoms with E-state index in [4.69, 9.17) is 83.8 Å². The molecule has 3 aromatic rings. The van der Waals surface area contributed by atoms with Crippen LogP contribution < -0.4 is 19.1 Å². The van der Waals surface area contributed by atoms with Gasteiger partial charge in [0.2, 0.25) is 5.75 Å². The molecule has 2 atom stereocenters. The number of ether oxygens (including phenoxy) is 3. The van der Waals surface area contributed by atoms with Gasteiger partial charge in [0.05, 0.1) is 68.6 Å². The number of nitrogens with zero attached hydrogens (tertiary/aromatic N) is 2. The molecule has 3 aromatic carbocycles. The molecule has 0 spiro atoms. The Hall–Kier alpha value is -2.59. The molecule has 2 aliphatic rings. The number of carbonyl (C=O) groups excluding carboxylic acids is 3. The fraction of sp³-hybridized carbons (Fsp3) is 0.192. The lowest BCUT2D eigenvalue weighted by molar-refractivity contribution is -0.130. The van der Waals surface area contributed by atoms with Crippen molar-refractivity contribution in [1.82, 2.24) is 4.90 Å². The fourth-order valence-electron chi connectivity index (χ4n) is 4.87. The van der Waals surface area contributed by atoms with Crippen LogP contribution in [0.3, 0.4) is 0 Å². The highest BCUT2D eigenvalue weighted by atomic mass is 35.5. The molecule has 1 fully saturated rings. The number of rotatable bonds is 6. The topological polar surface area (TPSA) is 85.4 Å². The van der Waals surface area contributed by atoms with Gasteiger partial charge in [0.25, 0.3) is 17.7 Å². The van der Waals surface area contributed by atoms with E-state index in [1.165, 1.54) is 38.4 Å². The van der Waals surface area contributed by atoms with Crippen LogP contribution in [-0.4, -0.2) is 50.0 Å². The molecule has 0 bridgehead atoms. The van der Waals surface area contributed by atoms with Crippen LogP contribution in [0.2, 0.25) is 30.1 Å². The van der Waals surface area contributed by atoms with Crippen LogP contribution in [-0.2, 0) is 4.79 Å². The molecule has 1 saturated heterocycles. The molecular weight excluding hydrogens is 649 g/mol. The maximum absolute atomic E-state index is 13.8. The van der Waals surface area contributed by atoms with Crippen LogP contribution in [0.1, 0.15) is 32.3 Å². The summed E-state index contributed by atoms with van der Waals surface area (Å²) in [6.45, 7) is 0. The minimum Gasteiger partial charge on any atom is -0.493 e. The summed E-state index contributed by atoms with van der Waals surface area (Å²) in [7, 11) is 4.31. The third-order valence-corrected chi connectivity index (χ3v) is 9.23. The van der Waals surface area contributed by atoms with Gasteiger partial charge in [-0.2, -0.15) is 0 Å². The number of methoxy groups -OCH3 is 3. The molecule has 5 rings (SSSR count). The predicted octanol–water partition coefficient (Wildman–Crippen LogP) is 7.39. The maximum Gasteiger partial charge on any atom is 0.264 e. The molecule has 0 N–H and O–H groups in total. The first kappa shape index (κ1) is 28.9. The molecule has 2 heterocycles. The SMILES string of the molecule is COc1cc(C2C(N3C(=O)c4c(Cl)c(Cl)c(Cl)c(Cl)c4C3=O)C(=O)N2c2ccc(Cl)c(Cl)c2)cc(OC)c1OC. The highest BCUT2D eigenvalue weighted by molar-refractivity contribution is 6.55. The van der Waals surface area contributed by atoms with Crippen molar-refractivity contribution in [3.63, 3.8) is 0 Å². The standard InChI is InChI=1S/C26H16Cl6N2O6/c1-38-13-6-9(7-14(39-2)23(13)40-3)21-22(26(37)33(21)10-4-5-11(27)12(28)8-10)34-24(35)15-16(25(34)36)18(30)20(32)19(31)17(15)29/h4-8,21-22H,1-3H3. The number of imide groups is 1. The minimum atomic E-state index is -1.32. The summed E-state index contributed by atoms with van der Waals surface area (Å²) in [6.07, 6.45) is 0. The lowest BCUT2D eigenvalue weighted by atomic mass is 9.86. The van der Waals surface area contributed by atoms with E-state index >= 15 is 0 Å². The number of carbonyl (C=O) groups is 3. The van der Waals surface area contributed by atoms with Crippen molar-refractivity contribution in [1.29, 1.82) is 0 Å². The van der Waals surface area contributed by atoms with Gasteiger partial charge in [-0.15, -0.1) is 0 Å². The van der Waals surface area contributed by atoms with E-state index in [1.807, 2.05) is 0 Å². The van der Waals surface area contributed by atoms with E-state index in [1.54, 1.807) is 18.2 Å². The van der Waals surface area contributed by atoms with Crippen molar-refractivity contribution < 1.29 is 28.6 Å². The number of anilines is 1. The molecule has 14 heteroatoms. The molecule has 8 nitrogen and oxygen atoms in total. The van der Waals surface area contributed by atoms with Crippen molar-refractivity contribution in [2.24, 2.45) is 0 Å². The Bertz CT molecular complexity index is 1560. The Morgan fingerprint density at radius 2 is 1.15 bits per heavy atom. The largest absolute Gasteiger partial charge is 0.493 e. The smallest absolute Gasteiger partial charge is 0.264 e. The van der Waals surface area contributed by atoms with E-state index in [0.717, 1.165) is 4.90 Å². The van der Waals surface area contributed by atoms with Gasteiger partial charge in [0.1, 0.15) is 6.04 Å². The summed E-state index contributed by atoms with van der Waals surface area (Å²) in [5.41, 5.74) is 0.342. The third kappa shape index (κ3) is 4.16. The van der Waals surface area contributed by atoms with Crippen LogP contribution in [0, 0.1) is 0 Å². The second-order valence-corrected chi connectivity index (χ2v) is 11.0. The number of β-lactam (4-membered cyclic amide) rings is 1. The van der Waals surface area contributed by atoms with Crippen LogP contribution in [0.4, 0.5) is 5.69 Å². The van der Waals surface area contributed by atoms with Crippen molar-refractivity contribution >= 4 is 93.0 Å². The number of hydrogen-bond donors (Lipinski definition) is 0. The third-order valence-electron chi connectivity index (χ3n) is 6.69. The first-order valence-corrected chi connectivity index (χ1v) is 13.6. The van der Waals surface area contributed by atoms with Gasteiger partial charge in [0.15, 0.2) is 11.5 Å². The average molecular weight is 665 g/mol. The predicted molar refractivity (Wildman–Crippen MR) is 154 cm³/mol. The van der Waals surface area contributed by atoms with E-state index in [-0.39, 0.29) is 52.8 Å². The molecule has 40 heavy (non-hydrogen) atoms. The number of halogens is 6. The maximum atomic E-state index is 13.8. The van der Waals surface area contributed by atoms with Crippen LogP contribution >= 0.6 is 69.6 Å². The molecule has 0 aromatic heterocycles. The first-order chi connectivity index (χ1) is 19.0.